The number of benzene rings is 2. The van der Waals surface area contributed by atoms with Gasteiger partial charge in [0.1, 0.15) is 11.8 Å². The maximum atomic E-state index is 11.1. The van der Waals surface area contributed by atoms with Crippen LogP contribution in [0.2, 0.25) is 0 Å². The second-order valence-corrected chi connectivity index (χ2v) is 4.19. The first-order chi connectivity index (χ1) is 10.0. The van der Waals surface area contributed by atoms with Gasteiger partial charge in [0, 0.05) is 17.3 Å². The number of nitriles is 1. The lowest BCUT2D eigenvalue weighted by Crippen LogP contribution is -2.10. The molecule has 21 heavy (non-hydrogen) atoms. The van der Waals surface area contributed by atoms with Crippen LogP contribution in [0, 0.1) is 11.3 Å². The van der Waals surface area contributed by atoms with Crippen LogP contribution in [0.15, 0.2) is 36.4 Å². The minimum Gasteiger partial charge on any atom is -0.493 e. The standard InChI is InChI=1S/C15H13N3O3/c1-20-14-7-9(15(18)19)2-5-13(14)21-11-3-4-12(17)10(6-11)8-16/h2-7H,17H2,1H3,(H2,18,19). The minimum absolute atomic E-state index is 0.314. The molecule has 0 heterocycles. The zero-order chi connectivity index (χ0) is 15.4. The Labute approximate surface area is 121 Å². The van der Waals surface area contributed by atoms with Crippen LogP contribution < -0.4 is 20.9 Å². The van der Waals surface area contributed by atoms with Crippen LogP contribution in [-0.4, -0.2) is 13.0 Å². The van der Waals surface area contributed by atoms with E-state index in [-0.39, 0.29) is 0 Å². The molecule has 6 heteroatoms. The number of anilines is 1. The Morgan fingerprint density at radius 3 is 2.57 bits per heavy atom. The summed E-state index contributed by atoms with van der Waals surface area (Å²) in [7, 11) is 1.46. The van der Waals surface area contributed by atoms with Gasteiger partial charge in [-0.3, -0.25) is 4.79 Å². The number of amides is 1. The summed E-state index contributed by atoms with van der Waals surface area (Å²) in [5, 5.41) is 8.95. The summed E-state index contributed by atoms with van der Waals surface area (Å²) in [5.74, 6) is 0.641. The summed E-state index contributed by atoms with van der Waals surface area (Å²) in [6, 6.07) is 11.3. The van der Waals surface area contributed by atoms with Gasteiger partial charge in [-0.15, -0.1) is 0 Å². The molecular weight excluding hydrogens is 270 g/mol. The number of primary amides is 1. The Balaban J connectivity index is 2.35. The SMILES string of the molecule is COc1cc(C(N)=O)ccc1Oc1ccc(N)c(C#N)c1. The molecular formula is C15H13N3O3. The Morgan fingerprint density at radius 2 is 1.95 bits per heavy atom. The average molecular weight is 283 g/mol. The van der Waals surface area contributed by atoms with E-state index in [4.69, 9.17) is 26.2 Å². The number of methoxy groups -OCH3 is 1. The van der Waals surface area contributed by atoms with Crippen molar-refractivity contribution in [1.29, 1.82) is 5.26 Å². The lowest BCUT2D eigenvalue weighted by Gasteiger charge is -2.11. The molecule has 1 amide bonds. The molecule has 106 valence electrons. The molecule has 0 aliphatic rings. The number of carbonyl (C=O) groups excluding carboxylic acids is 1. The summed E-state index contributed by atoms with van der Waals surface area (Å²) in [6.45, 7) is 0. The molecule has 4 N–H and O–H groups in total. The van der Waals surface area contributed by atoms with Gasteiger partial charge in [-0.25, -0.2) is 0 Å². The fourth-order valence-corrected chi connectivity index (χ4v) is 1.73. The molecule has 0 bridgehead atoms. The maximum absolute atomic E-state index is 11.1. The largest absolute Gasteiger partial charge is 0.493 e. The molecule has 0 saturated carbocycles. The number of carbonyl (C=O) groups is 1. The van der Waals surface area contributed by atoms with Crippen molar-refractivity contribution in [2.24, 2.45) is 5.73 Å². The fraction of sp³-hybridized carbons (Fsp3) is 0.0667. The van der Waals surface area contributed by atoms with Gasteiger partial charge in [-0.05, 0) is 30.3 Å². The van der Waals surface area contributed by atoms with E-state index in [9.17, 15) is 4.79 Å². The van der Waals surface area contributed by atoms with Crippen molar-refractivity contribution in [3.05, 3.63) is 47.5 Å². The van der Waals surface area contributed by atoms with E-state index in [1.54, 1.807) is 18.2 Å². The lowest BCUT2D eigenvalue weighted by molar-refractivity contribution is 0.1000. The first kappa shape index (κ1) is 14.2. The monoisotopic (exact) mass is 283 g/mol. The summed E-state index contributed by atoms with van der Waals surface area (Å²) < 4.78 is 10.8. The van der Waals surface area contributed by atoms with E-state index >= 15 is 0 Å². The minimum atomic E-state index is -0.556. The molecule has 2 aromatic rings. The first-order valence-corrected chi connectivity index (χ1v) is 6.00. The Kier molecular flexibility index (Phi) is 3.95. The van der Waals surface area contributed by atoms with Crippen molar-refractivity contribution in [2.75, 3.05) is 12.8 Å². The van der Waals surface area contributed by atoms with Gasteiger partial charge in [0.15, 0.2) is 11.5 Å². The summed E-state index contributed by atoms with van der Waals surface area (Å²) in [6.07, 6.45) is 0. The normalized spacial score (nSPS) is 9.71. The van der Waals surface area contributed by atoms with Gasteiger partial charge in [-0.2, -0.15) is 5.26 Å². The predicted octanol–water partition coefficient (Wildman–Crippen LogP) is 2.04. The van der Waals surface area contributed by atoms with Crippen LogP contribution in [0.5, 0.6) is 17.2 Å². The van der Waals surface area contributed by atoms with Gasteiger partial charge in [0.25, 0.3) is 0 Å². The van der Waals surface area contributed by atoms with Gasteiger partial charge in [-0.1, -0.05) is 0 Å². The summed E-state index contributed by atoms with van der Waals surface area (Å²) >= 11 is 0. The van der Waals surface area contributed by atoms with Crippen molar-refractivity contribution >= 4 is 11.6 Å². The molecule has 0 atom stereocenters. The third-order valence-corrected chi connectivity index (χ3v) is 2.82. The van der Waals surface area contributed by atoms with Gasteiger partial charge in [0.2, 0.25) is 5.91 Å². The van der Waals surface area contributed by atoms with E-state index in [0.717, 1.165) is 0 Å². The predicted molar refractivity (Wildman–Crippen MR) is 77.2 cm³/mol. The van der Waals surface area contributed by atoms with Crippen LogP contribution in [0.1, 0.15) is 15.9 Å². The van der Waals surface area contributed by atoms with Crippen LogP contribution in [0.3, 0.4) is 0 Å². The molecule has 0 unspecified atom stereocenters. The number of hydrogen-bond acceptors (Lipinski definition) is 5. The highest BCUT2D eigenvalue weighted by atomic mass is 16.5. The Morgan fingerprint density at radius 1 is 1.19 bits per heavy atom. The number of nitrogens with zero attached hydrogens (tertiary/aromatic N) is 1. The van der Waals surface area contributed by atoms with E-state index in [0.29, 0.717) is 34.1 Å². The topological polar surface area (TPSA) is 111 Å². The molecule has 0 aromatic heterocycles. The van der Waals surface area contributed by atoms with Crippen LogP contribution in [-0.2, 0) is 0 Å². The summed E-state index contributed by atoms with van der Waals surface area (Å²) in [4.78, 5) is 11.1. The zero-order valence-electron chi connectivity index (χ0n) is 11.3. The van der Waals surface area contributed by atoms with E-state index in [1.807, 2.05) is 6.07 Å². The molecule has 2 rings (SSSR count). The molecule has 6 nitrogen and oxygen atoms in total. The first-order valence-electron chi connectivity index (χ1n) is 6.00. The lowest BCUT2D eigenvalue weighted by atomic mass is 10.2. The molecule has 0 aliphatic carbocycles. The molecule has 0 spiro atoms. The molecule has 0 radical (unpaired) electrons. The van der Waals surface area contributed by atoms with Gasteiger partial charge < -0.3 is 20.9 Å². The summed E-state index contributed by atoms with van der Waals surface area (Å²) in [5.41, 5.74) is 11.9. The second kappa shape index (κ2) is 5.84. The van der Waals surface area contributed by atoms with Crippen molar-refractivity contribution in [2.45, 2.75) is 0 Å². The zero-order valence-corrected chi connectivity index (χ0v) is 11.3. The Bertz CT molecular complexity index is 735. The van der Waals surface area contributed by atoms with Crippen molar-refractivity contribution in [1.82, 2.24) is 0 Å². The molecule has 2 aromatic carbocycles. The van der Waals surface area contributed by atoms with Crippen molar-refractivity contribution in [3.63, 3.8) is 0 Å². The highest BCUT2D eigenvalue weighted by Gasteiger charge is 2.10. The van der Waals surface area contributed by atoms with Crippen LogP contribution in [0.25, 0.3) is 0 Å². The molecule has 0 saturated heterocycles. The smallest absolute Gasteiger partial charge is 0.248 e. The van der Waals surface area contributed by atoms with Gasteiger partial charge in [0.05, 0.1) is 12.7 Å². The number of nitrogens with two attached hydrogens (primary N) is 2. The number of nitrogen functional groups attached to an aromatic ring is 1. The highest BCUT2D eigenvalue weighted by molar-refractivity contribution is 5.93. The third kappa shape index (κ3) is 3.04. The van der Waals surface area contributed by atoms with Crippen LogP contribution >= 0.6 is 0 Å². The molecule has 0 fully saturated rings. The molecule has 0 aliphatic heterocycles. The average Bonchev–Trinajstić information content (AvgIpc) is 2.49. The van der Waals surface area contributed by atoms with Crippen LogP contribution in [0.4, 0.5) is 5.69 Å². The Hall–Kier alpha value is -3.20. The van der Waals surface area contributed by atoms with E-state index in [1.165, 1.54) is 25.3 Å². The highest BCUT2D eigenvalue weighted by Crippen LogP contribution is 2.33. The number of rotatable bonds is 4. The van der Waals surface area contributed by atoms with Gasteiger partial charge >= 0.3 is 0 Å². The number of hydrogen-bond donors (Lipinski definition) is 2. The second-order valence-electron chi connectivity index (χ2n) is 4.19. The number of ether oxygens (including phenoxy) is 2. The maximum Gasteiger partial charge on any atom is 0.248 e. The third-order valence-electron chi connectivity index (χ3n) is 2.82. The fourth-order valence-electron chi connectivity index (χ4n) is 1.73. The van der Waals surface area contributed by atoms with E-state index < -0.39 is 5.91 Å². The van der Waals surface area contributed by atoms with E-state index in [2.05, 4.69) is 0 Å². The quantitative estimate of drug-likeness (QED) is 0.834. The van der Waals surface area contributed by atoms with Crippen molar-refractivity contribution < 1.29 is 14.3 Å². The van der Waals surface area contributed by atoms with Crippen molar-refractivity contribution in [3.8, 4) is 23.3 Å².